The Bertz CT molecular complexity index is 471. The number of amides is 1. The Balaban J connectivity index is 2.53. The second-order valence-corrected chi connectivity index (χ2v) is 6.08. The summed E-state index contributed by atoms with van der Waals surface area (Å²) in [6.45, 7) is 6.46. The van der Waals surface area contributed by atoms with Crippen LogP contribution in [0.4, 0.5) is 0 Å². The van der Waals surface area contributed by atoms with Crippen molar-refractivity contribution in [2.24, 2.45) is 11.7 Å². The molecule has 1 aromatic rings. The fourth-order valence-electron chi connectivity index (χ4n) is 2.03. The van der Waals surface area contributed by atoms with Crippen LogP contribution in [0.3, 0.4) is 0 Å². The molecule has 0 aliphatic carbocycles. The van der Waals surface area contributed by atoms with Gasteiger partial charge < -0.3 is 11.1 Å². The third kappa shape index (κ3) is 5.70. The van der Waals surface area contributed by atoms with Crippen molar-refractivity contribution < 1.29 is 4.79 Å². The maximum Gasteiger partial charge on any atom is 0.251 e. The second-order valence-electron chi connectivity index (χ2n) is 5.64. The minimum Gasteiger partial charge on any atom is -0.389 e. The fourth-order valence-corrected chi connectivity index (χ4v) is 2.15. The van der Waals surface area contributed by atoms with Crippen molar-refractivity contribution in [2.45, 2.75) is 46.1 Å². The zero-order chi connectivity index (χ0) is 15.1. The first kappa shape index (κ1) is 16.6. The molecule has 4 heteroatoms. The van der Waals surface area contributed by atoms with Crippen LogP contribution in [0.2, 0.25) is 0 Å². The van der Waals surface area contributed by atoms with Gasteiger partial charge in [-0.25, -0.2) is 0 Å². The number of rotatable bonds is 7. The van der Waals surface area contributed by atoms with Gasteiger partial charge in [0.25, 0.3) is 5.91 Å². The Kier molecular flexibility index (Phi) is 6.65. The summed E-state index contributed by atoms with van der Waals surface area (Å²) in [4.78, 5) is 12.4. The van der Waals surface area contributed by atoms with E-state index in [9.17, 15) is 4.79 Å². The van der Waals surface area contributed by atoms with Gasteiger partial charge in [0, 0.05) is 17.2 Å². The molecule has 0 spiro atoms. The molecule has 1 amide bonds. The monoisotopic (exact) mass is 292 g/mol. The Morgan fingerprint density at radius 1 is 1.25 bits per heavy atom. The number of thiocarbonyl (C=S) groups is 1. The van der Waals surface area contributed by atoms with Crippen LogP contribution in [0.5, 0.6) is 0 Å². The van der Waals surface area contributed by atoms with E-state index < -0.39 is 0 Å². The summed E-state index contributed by atoms with van der Waals surface area (Å²) >= 11 is 4.92. The molecule has 0 heterocycles. The largest absolute Gasteiger partial charge is 0.389 e. The molecule has 1 unspecified atom stereocenters. The van der Waals surface area contributed by atoms with Crippen molar-refractivity contribution >= 4 is 23.1 Å². The highest BCUT2D eigenvalue weighted by Crippen LogP contribution is 2.10. The quantitative estimate of drug-likeness (QED) is 0.758. The summed E-state index contributed by atoms with van der Waals surface area (Å²) in [7, 11) is 0. The predicted octanol–water partition coefficient (Wildman–Crippen LogP) is 3.27. The van der Waals surface area contributed by atoms with Crippen LogP contribution < -0.4 is 11.1 Å². The molecule has 0 aliphatic heterocycles. The topological polar surface area (TPSA) is 55.1 Å². The third-order valence-corrected chi connectivity index (χ3v) is 3.44. The predicted molar refractivity (Wildman–Crippen MR) is 87.9 cm³/mol. The van der Waals surface area contributed by atoms with E-state index in [0.717, 1.165) is 18.4 Å². The smallest absolute Gasteiger partial charge is 0.251 e. The fraction of sp³-hybridized carbons (Fsp3) is 0.500. The number of nitrogens with two attached hydrogens (primary N) is 1. The van der Waals surface area contributed by atoms with Crippen LogP contribution in [0.1, 0.15) is 56.0 Å². The van der Waals surface area contributed by atoms with Crippen molar-refractivity contribution in [3.05, 3.63) is 35.4 Å². The van der Waals surface area contributed by atoms with Crippen molar-refractivity contribution in [2.75, 3.05) is 0 Å². The summed E-state index contributed by atoms with van der Waals surface area (Å²) < 4.78 is 0. The zero-order valence-corrected chi connectivity index (χ0v) is 13.3. The molecule has 0 fully saturated rings. The number of carbonyl (C=O) groups is 1. The number of carbonyl (C=O) groups excluding carboxylic acids is 1. The van der Waals surface area contributed by atoms with Gasteiger partial charge in [0.15, 0.2) is 0 Å². The van der Waals surface area contributed by atoms with Crippen molar-refractivity contribution in [1.29, 1.82) is 0 Å². The lowest BCUT2D eigenvalue weighted by atomic mass is 10.0. The summed E-state index contributed by atoms with van der Waals surface area (Å²) in [5.41, 5.74) is 6.90. The van der Waals surface area contributed by atoms with Crippen LogP contribution >= 0.6 is 12.2 Å². The van der Waals surface area contributed by atoms with E-state index in [1.165, 1.54) is 6.42 Å². The molecule has 3 nitrogen and oxygen atoms in total. The molecule has 1 aromatic carbocycles. The summed E-state index contributed by atoms with van der Waals surface area (Å²) in [6.07, 6.45) is 3.32. The van der Waals surface area contributed by atoms with E-state index in [4.69, 9.17) is 18.0 Å². The summed E-state index contributed by atoms with van der Waals surface area (Å²) in [6, 6.07) is 7.30. The normalized spacial score (nSPS) is 12.2. The molecule has 1 rings (SSSR count). The van der Waals surface area contributed by atoms with Gasteiger partial charge in [0.2, 0.25) is 0 Å². The van der Waals surface area contributed by atoms with Crippen molar-refractivity contribution in [3.63, 3.8) is 0 Å². The lowest BCUT2D eigenvalue weighted by Crippen LogP contribution is -2.32. The first-order valence-electron chi connectivity index (χ1n) is 7.11. The lowest BCUT2D eigenvalue weighted by Gasteiger charge is -2.15. The van der Waals surface area contributed by atoms with Gasteiger partial charge in [-0.3, -0.25) is 4.79 Å². The molecule has 0 saturated carbocycles. The zero-order valence-electron chi connectivity index (χ0n) is 12.5. The Morgan fingerprint density at radius 3 is 2.50 bits per heavy atom. The number of nitrogens with one attached hydrogen (secondary N) is 1. The number of hydrogen-bond donors (Lipinski definition) is 2. The highest BCUT2D eigenvalue weighted by molar-refractivity contribution is 7.80. The third-order valence-electron chi connectivity index (χ3n) is 3.21. The van der Waals surface area contributed by atoms with Gasteiger partial charge in [-0.2, -0.15) is 0 Å². The first-order chi connectivity index (χ1) is 9.40. The van der Waals surface area contributed by atoms with Crippen LogP contribution in [0.25, 0.3) is 0 Å². The van der Waals surface area contributed by atoms with Crippen LogP contribution in [0, 0.1) is 5.92 Å². The molecule has 1 atom stereocenters. The van der Waals surface area contributed by atoms with Gasteiger partial charge in [0.1, 0.15) is 4.99 Å². The lowest BCUT2D eigenvalue weighted by molar-refractivity contribution is 0.0938. The van der Waals surface area contributed by atoms with Crippen molar-refractivity contribution in [3.8, 4) is 0 Å². The Morgan fingerprint density at radius 2 is 1.90 bits per heavy atom. The number of benzene rings is 1. The number of hydrogen-bond acceptors (Lipinski definition) is 2. The molecule has 3 N–H and O–H groups in total. The highest BCUT2D eigenvalue weighted by Gasteiger charge is 2.10. The summed E-state index contributed by atoms with van der Waals surface area (Å²) in [5.74, 6) is 0.639. The van der Waals surface area contributed by atoms with E-state index in [1.807, 2.05) is 13.0 Å². The minimum absolute atomic E-state index is 0.0693. The second kappa shape index (κ2) is 8.00. The van der Waals surface area contributed by atoms with E-state index in [2.05, 4.69) is 19.2 Å². The van der Waals surface area contributed by atoms with Gasteiger partial charge in [-0.1, -0.05) is 51.0 Å². The van der Waals surface area contributed by atoms with Crippen LogP contribution in [-0.4, -0.2) is 16.9 Å². The minimum atomic E-state index is -0.0693. The Labute approximate surface area is 126 Å². The maximum absolute atomic E-state index is 12.1. The SMILES string of the molecule is CC(C)CCCC(C)NC(=O)c1cccc(C(N)=S)c1. The van der Waals surface area contributed by atoms with Crippen LogP contribution in [-0.2, 0) is 0 Å². The van der Waals surface area contributed by atoms with Gasteiger partial charge in [0.05, 0.1) is 0 Å². The molecule has 0 aromatic heterocycles. The molecule has 0 radical (unpaired) electrons. The molecule has 0 saturated heterocycles. The average Bonchev–Trinajstić information content (AvgIpc) is 2.38. The van der Waals surface area contributed by atoms with E-state index in [-0.39, 0.29) is 11.9 Å². The van der Waals surface area contributed by atoms with E-state index in [1.54, 1.807) is 18.2 Å². The first-order valence-corrected chi connectivity index (χ1v) is 7.51. The van der Waals surface area contributed by atoms with Crippen molar-refractivity contribution in [1.82, 2.24) is 5.32 Å². The van der Waals surface area contributed by atoms with Crippen LogP contribution in [0.15, 0.2) is 24.3 Å². The summed E-state index contributed by atoms with van der Waals surface area (Å²) in [5, 5.41) is 3.01. The van der Waals surface area contributed by atoms with Gasteiger partial charge in [-0.15, -0.1) is 0 Å². The van der Waals surface area contributed by atoms with Gasteiger partial charge in [-0.05, 0) is 31.4 Å². The molecule has 0 bridgehead atoms. The Hall–Kier alpha value is -1.42. The molecular weight excluding hydrogens is 268 g/mol. The maximum atomic E-state index is 12.1. The average molecular weight is 292 g/mol. The molecule has 0 aliphatic rings. The molecule has 20 heavy (non-hydrogen) atoms. The van der Waals surface area contributed by atoms with Gasteiger partial charge >= 0.3 is 0 Å². The molecule has 110 valence electrons. The standard InChI is InChI=1S/C16H24N2OS/c1-11(2)6-4-7-12(3)18-16(19)14-9-5-8-13(10-14)15(17)20/h5,8-12H,4,6-7H2,1-3H3,(H2,17,20)(H,18,19). The molecular formula is C16H24N2OS. The highest BCUT2D eigenvalue weighted by atomic mass is 32.1. The van der Waals surface area contributed by atoms with E-state index >= 15 is 0 Å². The van der Waals surface area contributed by atoms with E-state index in [0.29, 0.717) is 16.5 Å².